The molecule has 1 saturated heterocycles. The van der Waals surface area contributed by atoms with Crippen LogP contribution < -0.4 is 5.73 Å². The first-order chi connectivity index (χ1) is 8.08. The van der Waals surface area contributed by atoms with E-state index in [0.717, 1.165) is 17.6 Å². The largest absolute Gasteiger partial charge is 0.326 e. The Morgan fingerprint density at radius 1 is 1.35 bits per heavy atom. The number of benzene rings is 1. The Kier molecular flexibility index (Phi) is 4.23. The van der Waals surface area contributed by atoms with Gasteiger partial charge in [-0.1, -0.05) is 35.0 Å². The summed E-state index contributed by atoms with van der Waals surface area (Å²) in [5, 5.41) is 0. The number of hydrogen-bond acceptors (Lipinski definition) is 2. The summed E-state index contributed by atoms with van der Waals surface area (Å²) in [5.74, 6) is 0.656. The molecule has 1 aromatic carbocycles. The molecule has 1 aliphatic rings. The molecule has 0 saturated carbocycles. The molecule has 0 spiro atoms. The molecule has 3 heteroatoms. The fourth-order valence-electron chi connectivity index (χ4n) is 2.43. The van der Waals surface area contributed by atoms with E-state index in [4.69, 9.17) is 5.73 Å². The van der Waals surface area contributed by atoms with Crippen LogP contribution in [-0.2, 0) is 0 Å². The van der Waals surface area contributed by atoms with E-state index < -0.39 is 0 Å². The van der Waals surface area contributed by atoms with E-state index in [1.54, 1.807) is 0 Å². The van der Waals surface area contributed by atoms with E-state index in [2.05, 4.69) is 58.9 Å². The number of nitrogens with two attached hydrogens (primary N) is 1. The maximum Gasteiger partial charge on any atom is 0.0320 e. The van der Waals surface area contributed by atoms with Crippen molar-refractivity contribution in [3.63, 3.8) is 0 Å². The van der Waals surface area contributed by atoms with Gasteiger partial charge in [-0.05, 0) is 43.5 Å². The number of rotatable bonds is 2. The maximum atomic E-state index is 6.16. The monoisotopic (exact) mass is 296 g/mol. The van der Waals surface area contributed by atoms with Gasteiger partial charge >= 0.3 is 0 Å². The topological polar surface area (TPSA) is 29.3 Å². The number of halogens is 1. The molecular formula is C14H21BrN2. The number of nitrogens with zero attached hydrogens (tertiary/aromatic N) is 1. The van der Waals surface area contributed by atoms with Gasteiger partial charge in [0.1, 0.15) is 0 Å². The van der Waals surface area contributed by atoms with Crippen molar-refractivity contribution in [2.24, 2.45) is 11.7 Å². The van der Waals surface area contributed by atoms with E-state index in [9.17, 15) is 0 Å². The Morgan fingerprint density at radius 2 is 2.00 bits per heavy atom. The average molecular weight is 297 g/mol. The molecule has 0 bridgehead atoms. The predicted molar refractivity (Wildman–Crippen MR) is 75.9 cm³/mol. The van der Waals surface area contributed by atoms with Crippen LogP contribution in [0.25, 0.3) is 0 Å². The van der Waals surface area contributed by atoms with Crippen LogP contribution >= 0.6 is 15.9 Å². The Bertz CT molecular complexity index is 363. The summed E-state index contributed by atoms with van der Waals surface area (Å²) in [4.78, 5) is 2.49. The Morgan fingerprint density at radius 3 is 2.59 bits per heavy atom. The molecule has 2 rings (SSSR count). The Balaban J connectivity index is 2.05. The van der Waals surface area contributed by atoms with E-state index in [1.807, 2.05) is 0 Å². The highest BCUT2D eigenvalue weighted by molar-refractivity contribution is 9.10. The van der Waals surface area contributed by atoms with Crippen LogP contribution in [0.3, 0.4) is 0 Å². The van der Waals surface area contributed by atoms with Gasteiger partial charge in [-0.3, -0.25) is 4.90 Å². The molecule has 1 fully saturated rings. The van der Waals surface area contributed by atoms with Gasteiger partial charge in [-0.25, -0.2) is 0 Å². The lowest BCUT2D eigenvalue weighted by Crippen LogP contribution is -2.48. The van der Waals surface area contributed by atoms with Gasteiger partial charge in [-0.2, -0.15) is 0 Å². The van der Waals surface area contributed by atoms with Crippen LogP contribution in [0.1, 0.15) is 31.9 Å². The third-order valence-electron chi connectivity index (χ3n) is 3.95. The van der Waals surface area contributed by atoms with Gasteiger partial charge in [0.05, 0.1) is 0 Å². The second kappa shape index (κ2) is 5.51. The molecule has 3 unspecified atom stereocenters. The fourth-order valence-corrected chi connectivity index (χ4v) is 2.69. The lowest BCUT2D eigenvalue weighted by atomic mass is 9.92. The van der Waals surface area contributed by atoms with Crippen molar-refractivity contribution in [1.29, 1.82) is 0 Å². The van der Waals surface area contributed by atoms with Gasteiger partial charge in [0.2, 0.25) is 0 Å². The molecule has 17 heavy (non-hydrogen) atoms. The first kappa shape index (κ1) is 13.1. The first-order valence-corrected chi connectivity index (χ1v) is 7.12. The molecule has 1 aliphatic heterocycles. The molecule has 1 heterocycles. The van der Waals surface area contributed by atoms with Crippen LogP contribution in [0.15, 0.2) is 28.7 Å². The number of piperidine rings is 1. The highest BCUT2D eigenvalue weighted by atomic mass is 79.9. The second-order valence-electron chi connectivity index (χ2n) is 5.15. The lowest BCUT2D eigenvalue weighted by Gasteiger charge is -2.38. The predicted octanol–water partition coefficient (Wildman–Crippen LogP) is 3.18. The molecule has 0 radical (unpaired) electrons. The standard InChI is InChI=1S/C14H21BrN2/c1-10-7-8-17(9-14(10)16)11(2)12-3-5-13(15)6-4-12/h3-6,10-11,14H,7-9,16H2,1-2H3. The third kappa shape index (κ3) is 3.09. The van der Waals surface area contributed by atoms with E-state index in [0.29, 0.717) is 18.0 Å². The molecule has 2 N–H and O–H groups in total. The lowest BCUT2D eigenvalue weighted by molar-refractivity contribution is 0.128. The summed E-state index contributed by atoms with van der Waals surface area (Å²) < 4.78 is 1.14. The van der Waals surface area contributed by atoms with Crippen LogP contribution in [-0.4, -0.2) is 24.0 Å². The number of hydrogen-bond donors (Lipinski definition) is 1. The van der Waals surface area contributed by atoms with Gasteiger partial charge in [0.25, 0.3) is 0 Å². The summed E-state index contributed by atoms with van der Waals surface area (Å²) in [6.45, 7) is 6.70. The average Bonchev–Trinajstić information content (AvgIpc) is 2.33. The molecule has 2 nitrogen and oxygen atoms in total. The van der Waals surface area contributed by atoms with Gasteiger partial charge < -0.3 is 5.73 Å². The van der Waals surface area contributed by atoms with Gasteiger partial charge in [0, 0.05) is 23.1 Å². The van der Waals surface area contributed by atoms with Crippen molar-refractivity contribution in [2.75, 3.05) is 13.1 Å². The molecule has 0 aromatic heterocycles. The van der Waals surface area contributed by atoms with Crippen LogP contribution in [0.4, 0.5) is 0 Å². The van der Waals surface area contributed by atoms with Crippen LogP contribution in [0.2, 0.25) is 0 Å². The zero-order valence-electron chi connectivity index (χ0n) is 10.6. The third-order valence-corrected chi connectivity index (χ3v) is 4.48. The molecule has 1 aromatic rings. The van der Waals surface area contributed by atoms with E-state index in [-0.39, 0.29) is 0 Å². The minimum Gasteiger partial charge on any atom is -0.326 e. The summed E-state index contributed by atoms with van der Waals surface area (Å²) >= 11 is 3.47. The zero-order chi connectivity index (χ0) is 12.4. The van der Waals surface area contributed by atoms with E-state index >= 15 is 0 Å². The fraction of sp³-hybridized carbons (Fsp3) is 0.571. The summed E-state index contributed by atoms with van der Waals surface area (Å²) in [7, 11) is 0. The summed E-state index contributed by atoms with van der Waals surface area (Å²) in [5.41, 5.74) is 7.53. The number of likely N-dealkylation sites (tertiary alicyclic amines) is 1. The molecule has 94 valence electrons. The first-order valence-electron chi connectivity index (χ1n) is 6.33. The smallest absolute Gasteiger partial charge is 0.0320 e. The van der Waals surface area contributed by atoms with Crippen LogP contribution in [0, 0.1) is 5.92 Å². The minimum absolute atomic E-state index is 0.321. The van der Waals surface area contributed by atoms with Crippen molar-refractivity contribution < 1.29 is 0 Å². The maximum absolute atomic E-state index is 6.16. The normalized spacial score (nSPS) is 28.0. The molecule has 0 amide bonds. The minimum atomic E-state index is 0.321. The summed E-state index contributed by atoms with van der Waals surface area (Å²) in [6, 6.07) is 9.39. The van der Waals surface area contributed by atoms with Crippen molar-refractivity contribution >= 4 is 15.9 Å². The second-order valence-corrected chi connectivity index (χ2v) is 6.07. The van der Waals surface area contributed by atoms with Crippen molar-refractivity contribution in [3.8, 4) is 0 Å². The van der Waals surface area contributed by atoms with Crippen LogP contribution in [0.5, 0.6) is 0 Å². The zero-order valence-corrected chi connectivity index (χ0v) is 12.2. The molecule has 0 aliphatic carbocycles. The van der Waals surface area contributed by atoms with Crippen molar-refractivity contribution in [2.45, 2.75) is 32.4 Å². The van der Waals surface area contributed by atoms with Gasteiger partial charge in [-0.15, -0.1) is 0 Å². The Labute approximate surface area is 112 Å². The quantitative estimate of drug-likeness (QED) is 0.908. The highest BCUT2D eigenvalue weighted by Gasteiger charge is 2.26. The highest BCUT2D eigenvalue weighted by Crippen LogP contribution is 2.26. The Hall–Kier alpha value is -0.380. The summed E-state index contributed by atoms with van der Waals surface area (Å²) in [6.07, 6.45) is 1.21. The SMILES string of the molecule is CC1CCN(C(C)c2ccc(Br)cc2)CC1N. The van der Waals surface area contributed by atoms with Gasteiger partial charge in [0.15, 0.2) is 0 Å². The molecular weight excluding hydrogens is 276 g/mol. The van der Waals surface area contributed by atoms with E-state index in [1.165, 1.54) is 12.0 Å². The van der Waals surface area contributed by atoms with Crippen molar-refractivity contribution in [1.82, 2.24) is 4.90 Å². The van der Waals surface area contributed by atoms with Crippen molar-refractivity contribution in [3.05, 3.63) is 34.3 Å². The molecule has 3 atom stereocenters.